The van der Waals surface area contributed by atoms with Crippen molar-refractivity contribution >= 4 is 0 Å². The average molecular weight is 238 g/mol. The third-order valence-electron chi connectivity index (χ3n) is 4.60. The van der Waals surface area contributed by atoms with Gasteiger partial charge in [-0.3, -0.25) is 4.90 Å². The molecule has 1 aliphatic carbocycles. The first-order valence-electron chi connectivity index (χ1n) is 7.77. The van der Waals surface area contributed by atoms with Crippen molar-refractivity contribution in [1.29, 1.82) is 0 Å². The highest BCUT2D eigenvalue weighted by Gasteiger charge is 2.29. The summed E-state index contributed by atoms with van der Waals surface area (Å²) in [6.45, 7) is 8.54. The number of hydrogen-bond donors (Lipinski definition) is 1. The van der Waals surface area contributed by atoms with Crippen molar-refractivity contribution in [3.8, 4) is 0 Å². The molecule has 0 spiro atoms. The Hall–Kier alpha value is -0.0800. The summed E-state index contributed by atoms with van der Waals surface area (Å²) >= 11 is 0. The number of nitrogens with zero attached hydrogens (tertiary/aromatic N) is 1. The number of nitrogens with one attached hydrogen (secondary N) is 1. The van der Waals surface area contributed by atoms with Gasteiger partial charge in [0, 0.05) is 18.6 Å². The van der Waals surface area contributed by atoms with Crippen molar-refractivity contribution in [2.24, 2.45) is 5.92 Å². The summed E-state index contributed by atoms with van der Waals surface area (Å²) in [5, 5.41) is 3.58. The van der Waals surface area contributed by atoms with Crippen molar-refractivity contribution < 1.29 is 0 Å². The van der Waals surface area contributed by atoms with Crippen LogP contribution in [0.4, 0.5) is 0 Å². The monoisotopic (exact) mass is 238 g/mol. The molecule has 0 amide bonds. The topological polar surface area (TPSA) is 15.3 Å². The third kappa shape index (κ3) is 3.69. The van der Waals surface area contributed by atoms with E-state index in [4.69, 9.17) is 0 Å². The normalized spacial score (nSPS) is 35.1. The Labute approximate surface area is 107 Å². The molecule has 0 bridgehead atoms. The Morgan fingerprint density at radius 2 is 1.94 bits per heavy atom. The molecule has 2 fully saturated rings. The molecule has 1 heterocycles. The zero-order chi connectivity index (χ0) is 12.1. The van der Waals surface area contributed by atoms with Crippen molar-refractivity contribution in [1.82, 2.24) is 10.2 Å². The van der Waals surface area contributed by atoms with Gasteiger partial charge in [-0.1, -0.05) is 26.7 Å². The average Bonchev–Trinajstić information content (AvgIpc) is 2.37. The predicted molar refractivity (Wildman–Crippen MR) is 74.3 cm³/mol. The van der Waals surface area contributed by atoms with Gasteiger partial charge in [-0.15, -0.1) is 0 Å². The zero-order valence-corrected chi connectivity index (χ0v) is 11.8. The van der Waals surface area contributed by atoms with Crippen molar-refractivity contribution in [2.75, 3.05) is 19.6 Å². The van der Waals surface area contributed by atoms with Gasteiger partial charge in [-0.2, -0.15) is 0 Å². The predicted octanol–water partition coefficient (Wildman–Crippen LogP) is 3.03. The van der Waals surface area contributed by atoms with Crippen molar-refractivity contribution in [3.05, 3.63) is 0 Å². The molecule has 2 rings (SSSR count). The number of piperidine rings is 1. The van der Waals surface area contributed by atoms with Gasteiger partial charge in [0.1, 0.15) is 0 Å². The summed E-state index contributed by atoms with van der Waals surface area (Å²) < 4.78 is 0. The molecule has 17 heavy (non-hydrogen) atoms. The number of rotatable bonds is 4. The minimum atomic E-state index is 0.819. The molecule has 2 heteroatoms. The Morgan fingerprint density at radius 3 is 2.59 bits per heavy atom. The summed E-state index contributed by atoms with van der Waals surface area (Å²) in [5.74, 6) is 0.949. The van der Waals surface area contributed by atoms with Crippen LogP contribution in [0.1, 0.15) is 58.8 Å². The van der Waals surface area contributed by atoms with E-state index in [1.165, 1.54) is 64.6 Å². The van der Waals surface area contributed by atoms with Gasteiger partial charge in [-0.05, 0) is 51.1 Å². The highest BCUT2D eigenvalue weighted by molar-refractivity contribution is 4.86. The van der Waals surface area contributed by atoms with Gasteiger partial charge in [0.05, 0.1) is 0 Å². The van der Waals surface area contributed by atoms with Crippen molar-refractivity contribution in [3.63, 3.8) is 0 Å². The van der Waals surface area contributed by atoms with Gasteiger partial charge in [0.25, 0.3) is 0 Å². The summed E-state index contributed by atoms with van der Waals surface area (Å²) in [6.07, 6.45) is 9.88. The maximum absolute atomic E-state index is 3.58. The second-order valence-electron chi connectivity index (χ2n) is 6.16. The standard InChI is InChI=1S/C15H30N2/c1-3-10-17(15-8-5-9-16-12-15)14-7-4-6-13(2)11-14/h13-16H,3-12H2,1-2H3. The van der Waals surface area contributed by atoms with E-state index < -0.39 is 0 Å². The molecule has 100 valence electrons. The second kappa shape index (κ2) is 6.75. The van der Waals surface area contributed by atoms with E-state index >= 15 is 0 Å². The lowest BCUT2D eigenvalue weighted by Crippen LogP contribution is -2.51. The molecule has 3 atom stereocenters. The molecule has 1 aliphatic heterocycles. The van der Waals surface area contributed by atoms with E-state index in [2.05, 4.69) is 24.1 Å². The smallest absolute Gasteiger partial charge is 0.0224 e. The van der Waals surface area contributed by atoms with Crippen LogP contribution < -0.4 is 5.32 Å². The van der Waals surface area contributed by atoms with E-state index in [-0.39, 0.29) is 0 Å². The van der Waals surface area contributed by atoms with Crippen LogP contribution in [-0.2, 0) is 0 Å². The maximum Gasteiger partial charge on any atom is 0.0224 e. The van der Waals surface area contributed by atoms with Crippen LogP contribution in [0.5, 0.6) is 0 Å². The lowest BCUT2D eigenvalue weighted by molar-refractivity contribution is 0.0748. The Kier molecular flexibility index (Phi) is 5.30. The fourth-order valence-electron chi connectivity index (χ4n) is 3.74. The molecular formula is C15H30N2. The van der Waals surface area contributed by atoms with Crippen LogP contribution in [0.15, 0.2) is 0 Å². The molecular weight excluding hydrogens is 208 g/mol. The van der Waals surface area contributed by atoms with Crippen LogP contribution >= 0.6 is 0 Å². The molecule has 2 nitrogen and oxygen atoms in total. The molecule has 3 unspecified atom stereocenters. The van der Waals surface area contributed by atoms with E-state index in [1.54, 1.807) is 0 Å². The molecule has 0 aromatic carbocycles. The minimum Gasteiger partial charge on any atom is -0.315 e. The SMILES string of the molecule is CCCN(C1CCCNC1)C1CCCC(C)C1. The van der Waals surface area contributed by atoms with Crippen LogP contribution in [0.25, 0.3) is 0 Å². The van der Waals surface area contributed by atoms with Gasteiger partial charge in [0.15, 0.2) is 0 Å². The highest BCUT2D eigenvalue weighted by Crippen LogP contribution is 2.29. The maximum atomic E-state index is 3.58. The zero-order valence-electron chi connectivity index (χ0n) is 11.8. The summed E-state index contributed by atoms with van der Waals surface area (Å²) in [7, 11) is 0. The van der Waals surface area contributed by atoms with E-state index in [0.29, 0.717) is 0 Å². The number of hydrogen-bond acceptors (Lipinski definition) is 2. The molecule has 1 saturated heterocycles. The molecule has 0 aromatic heterocycles. The van der Waals surface area contributed by atoms with Gasteiger partial charge in [-0.25, -0.2) is 0 Å². The first-order valence-corrected chi connectivity index (χ1v) is 7.77. The highest BCUT2D eigenvalue weighted by atomic mass is 15.2. The third-order valence-corrected chi connectivity index (χ3v) is 4.60. The Bertz CT molecular complexity index is 211. The van der Waals surface area contributed by atoms with E-state index in [9.17, 15) is 0 Å². The van der Waals surface area contributed by atoms with Crippen LogP contribution in [-0.4, -0.2) is 36.6 Å². The summed E-state index contributed by atoms with van der Waals surface area (Å²) in [5.41, 5.74) is 0. The first-order chi connectivity index (χ1) is 8.31. The fourth-order valence-corrected chi connectivity index (χ4v) is 3.74. The van der Waals surface area contributed by atoms with E-state index in [1.807, 2.05) is 0 Å². The van der Waals surface area contributed by atoms with Gasteiger partial charge < -0.3 is 5.32 Å². The minimum absolute atomic E-state index is 0.819. The summed E-state index contributed by atoms with van der Waals surface area (Å²) in [6, 6.07) is 1.70. The van der Waals surface area contributed by atoms with Crippen LogP contribution in [0.3, 0.4) is 0 Å². The largest absolute Gasteiger partial charge is 0.315 e. The van der Waals surface area contributed by atoms with Gasteiger partial charge >= 0.3 is 0 Å². The lowest BCUT2D eigenvalue weighted by Gasteiger charge is -2.43. The fraction of sp³-hybridized carbons (Fsp3) is 1.00. The Morgan fingerprint density at radius 1 is 1.12 bits per heavy atom. The lowest BCUT2D eigenvalue weighted by atomic mass is 9.85. The Balaban J connectivity index is 1.94. The molecule has 0 aromatic rings. The molecule has 1 saturated carbocycles. The van der Waals surface area contributed by atoms with E-state index in [0.717, 1.165) is 18.0 Å². The second-order valence-corrected chi connectivity index (χ2v) is 6.16. The molecule has 2 aliphatic rings. The quantitative estimate of drug-likeness (QED) is 0.810. The summed E-state index contributed by atoms with van der Waals surface area (Å²) in [4.78, 5) is 2.85. The van der Waals surface area contributed by atoms with Crippen molar-refractivity contribution in [2.45, 2.75) is 70.9 Å². The van der Waals surface area contributed by atoms with Crippen LogP contribution in [0.2, 0.25) is 0 Å². The first kappa shape index (κ1) is 13.4. The van der Waals surface area contributed by atoms with Gasteiger partial charge in [0.2, 0.25) is 0 Å². The molecule has 1 N–H and O–H groups in total. The van der Waals surface area contributed by atoms with Crippen LogP contribution in [0, 0.1) is 5.92 Å². The molecule has 0 radical (unpaired) electrons.